The van der Waals surface area contributed by atoms with Crippen LogP contribution in [0.15, 0.2) is 85.1 Å². The van der Waals surface area contributed by atoms with Crippen LogP contribution in [0.3, 0.4) is 0 Å². The summed E-state index contributed by atoms with van der Waals surface area (Å²) in [5.74, 6) is -1.67. The molecule has 45 heavy (non-hydrogen) atoms. The first-order valence-electron chi connectivity index (χ1n) is 14.9. The quantitative estimate of drug-likeness (QED) is 0.200. The van der Waals surface area contributed by atoms with Gasteiger partial charge in [0.25, 0.3) is 0 Å². The van der Waals surface area contributed by atoms with E-state index in [0.29, 0.717) is 17.5 Å². The second-order valence-electron chi connectivity index (χ2n) is 11.7. The Morgan fingerprint density at radius 3 is 2.40 bits per heavy atom. The van der Waals surface area contributed by atoms with Gasteiger partial charge in [0.15, 0.2) is 11.6 Å². The molecule has 0 saturated heterocycles. The molecule has 10 heteroatoms. The van der Waals surface area contributed by atoms with Crippen LogP contribution in [0.2, 0.25) is 0 Å². The van der Waals surface area contributed by atoms with Gasteiger partial charge >= 0.3 is 0 Å². The molecule has 5 rings (SSSR count). The Balaban J connectivity index is 1.29. The summed E-state index contributed by atoms with van der Waals surface area (Å²) in [7, 11) is 3.86. The number of para-hydroxylation sites is 1. The average molecular weight is 617 g/mol. The summed E-state index contributed by atoms with van der Waals surface area (Å²) in [6, 6.07) is 20.5. The lowest BCUT2D eigenvalue weighted by atomic mass is 9.88. The van der Waals surface area contributed by atoms with E-state index < -0.39 is 47.8 Å². The summed E-state index contributed by atoms with van der Waals surface area (Å²) in [6.07, 6.45) is -0.132. The number of carbonyl (C=O) groups is 1. The van der Waals surface area contributed by atoms with Gasteiger partial charge in [0.05, 0.1) is 12.1 Å². The van der Waals surface area contributed by atoms with E-state index in [9.17, 15) is 23.8 Å². The molecule has 1 aliphatic rings. The Hall–Kier alpha value is -4.38. The number of fused-ring (bicyclic) bond motifs is 1. The van der Waals surface area contributed by atoms with Crippen LogP contribution in [-0.4, -0.2) is 60.1 Å². The fourth-order valence-corrected chi connectivity index (χ4v) is 5.58. The topological polar surface area (TPSA) is 121 Å². The summed E-state index contributed by atoms with van der Waals surface area (Å²) in [6.45, 7) is -0.207. The summed E-state index contributed by atoms with van der Waals surface area (Å²) >= 11 is 0. The van der Waals surface area contributed by atoms with Crippen molar-refractivity contribution >= 4 is 11.7 Å². The third-order valence-corrected chi connectivity index (χ3v) is 8.19. The normalized spacial score (nSPS) is 17.8. The van der Waals surface area contributed by atoms with Crippen molar-refractivity contribution in [2.75, 3.05) is 25.6 Å². The Bertz CT molecular complexity index is 1600. The van der Waals surface area contributed by atoms with E-state index in [-0.39, 0.29) is 25.2 Å². The number of aliphatic hydroxyl groups excluding tert-OH is 2. The molecule has 5 N–H and O–H groups in total. The van der Waals surface area contributed by atoms with Crippen molar-refractivity contribution in [3.63, 3.8) is 0 Å². The molecular formula is C35H38F2N4O4. The van der Waals surface area contributed by atoms with Gasteiger partial charge in [0.2, 0.25) is 5.91 Å². The SMILES string of the molecule is CN(C)c1ccc(-c2ccc(C[C@H](N)[C@@H](O)CC(Cc3ccccc3F)C(=O)N[C@H]3c4cccc(F)c4OC[C@H]3O)cc2)cn1. The van der Waals surface area contributed by atoms with Gasteiger partial charge in [0.1, 0.15) is 24.3 Å². The molecule has 4 aromatic rings. The van der Waals surface area contributed by atoms with E-state index in [4.69, 9.17) is 10.5 Å². The van der Waals surface area contributed by atoms with Crippen LogP contribution in [0, 0.1) is 17.6 Å². The highest BCUT2D eigenvalue weighted by Gasteiger charge is 2.35. The lowest BCUT2D eigenvalue weighted by molar-refractivity contribution is -0.128. The third-order valence-electron chi connectivity index (χ3n) is 8.19. The maximum absolute atomic E-state index is 14.6. The second-order valence-corrected chi connectivity index (χ2v) is 11.7. The Labute approximate surface area is 261 Å². The molecule has 8 nitrogen and oxygen atoms in total. The molecule has 5 atom stereocenters. The van der Waals surface area contributed by atoms with Crippen LogP contribution < -0.4 is 20.7 Å². The van der Waals surface area contributed by atoms with Crippen molar-refractivity contribution in [1.29, 1.82) is 0 Å². The predicted molar refractivity (Wildman–Crippen MR) is 169 cm³/mol. The molecular weight excluding hydrogens is 578 g/mol. The van der Waals surface area contributed by atoms with Crippen LogP contribution in [0.5, 0.6) is 5.75 Å². The largest absolute Gasteiger partial charge is 0.487 e. The van der Waals surface area contributed by atoms with E-state index >= 15 is 0 Å². The number of nitrogens with one attached hydrogen (secondary N) is 1. The van der Waals surface area contributed by atoms with Gasteiger partial charge in [0, 0.05) is 43.4 Å². The smallest absolute Gasteiger partial charge is 0.224 e. The van der Waals surface area contributed by atoms with Crippen molar-refractivity contribution in [3.05, 3.63) is 113 Å². The van der Waals surface area contributed by atoms with Crippen molar-refractivity contribution in [1.82, 2.24) is 10.3 Å². The van der Waals surface area contributed by atoms with Gasteiger partial charge in [-0.25, -0.2) is 13.8 Å². The summed E-state index contributed by atoms with van der Waals surface area (Å²) in [4.78, 5) is 20.1. The van der Waals surface area contributed by atoms with Crippen molar-refractivity contribution in [3.8, 4) is 16.9 Å². The van der Waals surface area contributed by atoms with E-state index in [1.54, 1.807) is 24.3 Å². The zero-order valence-corrected chi connectivity index (χ0v) is 25.2. The summed E-state index contributed by atoms with van der Waals surface area (Å²) in [5, 5.41) is 24.6. The minimum absolute atomic E-state index is 0.00699. The van der Waals surface area contributed by atoms with Gasteiger partial charge in [-0.2, -0.15) is 0 Å². The van der Waals surface area contributed by atoms with Gasteiger partial charge < -0.3 is 30.9 Å². The number of rotatable bonds is 11. The number of hydrogen-bond donors (Lipinski definition) is 4. The first-order valence-corrected chi connectivity index (χ1v) is 14.9. The van der Waals surface area contributed by atoms with Gasteiger partial charge in [-0.05, 0) is 60.2 Å². The van der Waals surface area contributed by atoms with Crippen LogP contribution in [0.4, 0.5) is 14.6 Å². The minimum Gasteiger partial charge on any atom is -0.487 e. The number of aliphatic hydroxyl groups is 2. The lowest BCUT2D eigenvalue weighted by Gasteiger charge is -2.33. The third kappa shape index (κ3) is 7.65. The van der Waals surface area contributed by atoms with Crippen molar-refractivity contribution in [2.45, 2.75) is 43.6 Å². The highest BCUT2D eigenvalue weighted by atomic mass is 19.1. The number of carbonyl (C=O) groups excluding carboxylic acids is 1. The second kappa shape index (κ2) is 14.2. The minimum atomic E-state index is -1.13. The molecule has 1 unspecified atom stereocenters. The fraction of sp³-hybridized carbons (Fsp3) is 0.314. The number of halogens is 2. The van der Waals surface area contributed by atoms with E-state index in [1.807, 2.05) is 61.6 Å². The number of hydrogen-bond acceptors (Lipinski definition) is 7. The lowest BCUT2D eigenvalue weighted by Crippen LogP contribution is -2.46. The highest BCUT2D eigenvalue weighted by molar-refractivity contribution is 5.80. The zero-order chi connectivity index (χ0) is 32.1. The van der Waals surface area contributed by atoms with Gasteiger partial charge in [-0.15, -0.1) is 0 Å². The Kier molecular flexibility index (Phi) is 10.1. The van der Waals surface area contributed by atoms with Crippen molar-refractivity contribution < 1.29 is 28.5 Å². The molecule has 2 heterocycles. The predicted octanol–water partition coefficient (Wildman–Crippen LogP) is 4.18. The molecule has 236 valence electrons. The van der Waals surface area contributed by atoms with Gasteiger partial charge in [-0.3, -0.25) is 4.79 Å². The maximum atomic E-state index is 14.6. The molecule has 1 aromatic heterocycles. The molecule has 0 aliphatic carbocycles. The standard InChI is InChI=1S/C35H38F2N4O4/c1-41(2)32-15-14-24(19-39-32)22-12-10-21(11-13-22)16-29(38)30(42)18-25(17-23-6-3-4-8-27(23)36)35(44)40-33-26-7-5-9-28(37)34(26)45-20-31(33)43/h3-15,19,25,29-31,33,42-43H,16-18,20,38H2,1-2H3,(H,40,44)/t25?,29-,30-,31+,33-/m0/s1. The molecule has 0 saturated carbocycles. The monoisotopic (exact) mass is 616 g/mol. The number of ether oxygens (including phenoxy) is 1. The number of nitrogens with zero attached hydrogens (tertiary/aromatic N) is 2. The molecule has 1 aliphatic heterocycles. The van der Waals surface area contributed by atoms with E-state index in [0.717, 1.165) is 22.5 Å². The molecule has 0 radical (unpaired) electrons. The highest BCUT2D eigenvalue weighted by Crippen LogP contribution is 2.35. The Morgan fingerprint density at radius 1 is 1.00 bits per heavy atom. The molecule has 3 aromatic carbocycles. The number of benzene rings is 3. The van der Waals surface area contributed by atoms with E-state index in [2.05, 4.69) is 10.3 Å². The Morgan fingerprint density at radius 2 is 1.71 bits per heavy atom. The first-order chi connectivity index (χ1) is 21.6. The number of aromatic nitrogens is 1. The number of nitrogens with two attached hydrogens (primary N) is 1. The number of anilines is 1. The van der Waals surface area contributed by atoms with Crippen LogP contribution in [0.1, 0.15) is 29.2 Å². The van der Waals surface area contributed by atoms with E-state index in [1.165, 1.54) is 18.2 Å². The van der Waals surface area contributed by atoms with Crippen LogP contribution in [-0.2, 0) is 17.6 Å². The average Bonchev–Trinajstić information content (AvgIpc) is 3.03. The first kappa shape index (κ1) is 32.0. The van der Waals surface area contributed by atoms with Crippen molar-refractivity contribution in [2.24, 2.45) is 11.7 Å². The molecule has 0 fully saturated rings. The number of amides is 1. The molecule has 0 spiro atoms. The zero-order valence-electron chi connectivity index (χ0n) is 25.2. The maximum Gasteiger partial charge on any atom is 0.224 e. The van der Waals surface area contributed by atoms with Gasteiger partial charge in [-0.1, -0.05) is 54.6 Å². The summed E-state index contributed by atoms with van der Waals surface area (Å²) < 4.78 is 34.4. The fourth-order valence-electron chi connectivity index (χ4n) is 5.58. The summed E-state index contributed by atoms with van der Waals surface area (Å²) in [5.41, 5.74) is 9.91. The number of pyridine rings is 1. The molecule has 0 bridgehead atoms. The molecule has 1 amide bonds. The van der Waals surface area contributed by atoms with Crippen LogP contribution >= 0.6 is 0 Å². The van der Waals surface area contributed by atoms with Crippen LogP contribution in [0.25, 0.3) is 11.1 Å².